The Morgan fingerprint density at radius 3 is 2.84 bits per heavy atom. The molecule has 2 atom stereocenters. The van der Waals surface area contributed by atoms with Crippen LogP contribution in [0.3, 0.4) is 0 Å². The number of benzene rings is 2. The topological polar surface area (TPSA) is 56.6 Å². The fourth-order valence-electron chi connectivity index (χ4n) is 4.71. The lowest BCUT2D eigenvalue weighted by atomic mass is 9.95. The first-order chi connectivity index (χ1) is 15.5. The number of rotatable bonds is 7. The minimum Gasteiger partial charge on any atom is -0.434 e. The summed E-state index contributed by atoms with van der Waals surface area (Å²) in [6.07, 6.45) is 1.64. The lowest BCUT2D eigenvalue weighted by molar-refractivity contribution is -0.128. The number of halogens is 2. The third-order valence-corrected chi connectivity index (χ3v) is 6.12. The van der Waals surface area contributed by atoms with E-state index in [9.17, 15) is 13.6 Å². The zero-order chi connectivity index (χ0) is 22.2. The van der Waals surface area contributed by atoms with Crippen molar-refractivity contribution in [2.45, 2.75) is 38.0 Å². The Balaban J connectivity index is 1.48. The van der Waals surface area contributed by atoms with Crippen LogP contribution in [0.15, 0.2) is 42.5 Å². The summed E-state index contributed by atoms with van der Waals surface area (Å²) in [4.78, 5) is 18.4. The maximum absolute atomic E-state index is 13.0. The van der Waals surface area contributed by atoms with Crippen molar-refractivity contribution in [1.82, 2.24) is 14.5 Å². The highest BCUT2D eigenvalue weighted by Crippen LogP contribution is 2.45. The number of fused-ring (bicyclic) bond motifs is 3. The van der Waals surface area contributed by atoms with Crippen LogP contribution in [-0.4, -0.2) is 54.5 Å². The van der Waals surface area contributed by atoms with Crippen LogP contribution in [0, 0.1) is 0 Å². The van der Waals surface area contributed by atoms with Crippen molar-refractivity contribution < 1.29 is 23.0 Å². The maximum atomic E-state index is 13.0. The molecule has 2 aliphatic heterocycles. The number of imidazole rings is 1. The molecule has 5 rings (SSSR count). The van der Waals surface area contributed by atoms with Gasteiger partial charge in [-0.1, -0.05) is 29.7 Å². The molecule has 3 aromatic rings. The highest BCUT2D eigenvalue weighted by Gasteiger charge is 2.37. The van der Waals surface area contributed by atoms with Gasteiger partial charge in [0.05, 0.1) is 23.7 Å². The highest BCUT2D eigenvalue weighted by atomic mass is 19.3. The summed E-state index contributed by atoms with van der Waals surface area (Å²) in [7, 11) is 6.02. The predicted octanol–water partition coefficient (Wildman–Crippen LogP) is 3.10. The van der Waals surface area contributed by atoms with E-state index in [0.29, 0.717) is 37.0 Å². The predicted molar refractivity (Wildman–Crippen MR) is 115 cm³/mol. The molecule has 1 aromatic heterocycles. The summed E-state index contributed by atoms with van der Waals surface area (Å²) in [5.74, 6) is 1.00. The van der Waals surface area contributed by atoms with Crippen molar-refractivity contribution in [2.24, 2.45) is 0 Å². The molecule has 0 saturated carbocycles. The third kappa shape index (κ3) is 3.85. The standard InChI is InChI=1S/C23H22BF2N3O3/c24-14-7-8-16-18(12-14)29-17(15-4-1-2-5-19(15)32-23(25)26)13-20(22(29)27-16)31-11-10-28-9-3-6-21(28)30/h1-2,4-5,7-8,12,17,20,23H,3,6,9-11,13H2/t17-,20-/m1/s1. The van der Waals surface area contributed by atoms with E-state index >= 15 is 0 Å². The first-order valence-corrected chi connectivity index (χ1v) is 10.7. The van der Waals surface area contributed by atoms with Gasteiger partial charge < -0.3 is 18.9 Å². The second-order valence-electron chi connectivity index (χ2n) is 8.10. The molecule has 2 radical (unpaired) electrons. The molecular weight excluding hydrogens is 415 g/mol. The van der Waals surface area contributed by atoms with Crippen LogP contribution in [0.4, 0.5) is 8.78 Å². The zero-order valence-corrected chi connectivity index (χ0v) is 17.4. The van der Waals surface area contributed by atoms with Gasteiger partial charge in [0.25, 0.3) is 0 Å². The molecule has 1 fully saturated rings. The summed E-state index contributed by atoms with van der Waals surface area (Å²) in [6, 6.07) is 12.0. The smallest absolute Gasteiger partial charge is 0.387 e. The summed E-state index contributed by atoms with van der Waals surface area (Å²) < 4.78 is 39.1. The molecular formula is C23H22BF2N3O3. The second-order valence-corrected chi connectivity index (χ2v) is 8.10. The first-order valence-electron chi connectivity index (χ1n) is 10.7. The zero-order valence-electron chi connectivity index (χ0n) is 17.4. The molecule has 2 aromatic carbocycles. The average Bonchev–Trinajstić information content (AvgIpc) is 3.43. The van der Waals surface area contributed by atoms with Gasteiger partial charge in [0.2, 0.25) is 5.91 Å². The molecule has 0 spiro atoms. The number of amides is 1. The number of carbonyl (C=O) groups excluding carboxylic acids is 1. The Kier molecular flexibility index (Phi) is 5.59. The van der Waals surface area contributed by atoms with Gasteiger partial charge in [0, 0.05) is 31.5 Å². The number of likely N-dealkylation sites (tertiary alicyclic amines) is 1. The minimum absolute atomic E-state index is 0.132. The Morgan fingerprint density at radius 1 is 1.22 bits per heavy atom. The van der Waals surface area contributed by atoms with E-state index < -0.39 is 6.61 Å². The Morgan fingerprint density at radius 2 is 2.06 bits per heavy atom. The average molecular weight is 437 g/mol. The summed E-state index contributed by atoms with van der Waals surface area (Å²) in [5, 5.41) is 0. The second kappa shape index (κ2) is 8.54. The number of nitrogens with zero attached hydrogens (tertiary/aromatic N) is 3. The summed E-state index contributed by atoms with van der Waals surface area (Å²) in [6.45, 7) is -1.26. The Labute approximate surface area is 185 Å². The number of carbonyl (C=O) groups is 1. The van der Waals surface area contributed by atoms with E-state index in [2.05, 4.69) is 0 Å². The lowest BCUT2D eigenvalue weighted by Gasteiger charge is -2.19. The molecule has 32 heavy (non-hydrogen) atoms. The Hall–Kier alpha value is -2.94. The summed E-state index contributed by atoms with van der Waals surface area (Å²) in [5.41, 5.74) is 2.80. The third-order valence-electron chi connectivity index (χ3n) is 6.12. The molecule has 2 aliphatic rings. The molecule has 9 heteroatoms. The van der Waals surface area contributed by atoms with Crippen LogP contribution in [0.5, 0.6) is 5.75 Å². The van der Waals surface area contributed by atoms with Crippen molar-refractivity contribution in [2.75, 3.05) is 19.7 Å². The van der Waals surface area contributed by atoms with E-state index in [1.807, 2.05) is 21.6 Å². The van der Waals surface area contributed by atoms with Gasteiger partial charge in [-0.05, 0) is 24.6 Å². The van der Waals surface area contributed by atoms with Crippen molar-refractivity contribution in [3.05, 3.63) is 53.9 Å². The quantitative estimate of drug-likeness (QED) is 0.534. The van der Waals surface area contributed by atoms with Gasteiger partial charge in [0.15, 0.2) is 0 Å². The van der Waals surface area contributed by atoms with Crippen LogP contribution < -0.4 is 10.2 Å². The highest BCUT2D eigenvalue weighted by molar-refractivity contribution is 6.33. The van der Waals surface area contributed by atoms with Crippen LogP contribution >= 0.6 is 0 Å². The van der Waals surface area contributed by atoms with E-state index in [0.717, 1.165) is 29.8 Å². The molecule has 0 N–H and O–H groups in total. The SMILES string of the molecule is [B]c1ccc2nc3n(c2c1)[C@@H](c1ccccc1OC(F)F)C[C@H]3OCCN1CCCC1=O. The fourth-order valence-corrected chi connectivity index (χ4v) is 4.71. The number of ether oxygens (including phenoxy) is 2. The largest absolute Gasteiger partial charge is 0.434 e. The van der Waals surface area contributed by atoms with Crippen LogP contribution in [0.2, 0.25) is 0 Å². The van der Waals surface area contributed by atoms with Crippen molar-refractivity contribution in [3.8, 4) is 5.75 Å². The molecule has 0 bridgehead atoms. The molecule has 3 heterocycles. The molecule has 0 aliphatic carbocycles. The van der Waals surface area contributed by atoms with Crippen molar-refractivity contribution >= 4 is 30.2 Å². The van der Waals surface area contributed by atoms with E-state index in [1.165, 1.54) is 0 Å². The van der Waals surface area contributed by atoms with Gasteiger partial charge in [-0.2, -0.15) is 8.78 Å². The molecule has 1 saturated heterocycles. The van der Waals surface area contributed by atoms with Crippen molar-refractivity contribution in [1.29, 1.82) is 0 Å². The van der Waals surface area contributed by atoms with Crippen LogP contribution in [0.25, 0.3) is 11.0 Å². The molecule has 164 valence electrons. The van der Waals surface area contributed by atoms with Gasteiger partial charge in [0.1, 0.15) is 25.5 Å². The number of aromatic nitrogens is 2. The van der Waals surface area contributed by atoms with Gasteiger partial charge in [-0.25, -0.2) is 4.98 Å². The summed E-state index contributed by atoms with van der Waals surface area (Å²) >= 11 is 0. The molecule has 0 unspecified atom stereocenters. The first kappa shape index (κ1) is 20.9. The van der Waals surface area contributed by atoms with Gasteiger partial charge in [-0.15, -0.1) is 0 Å². The maximum Gasteiger partial charge on any atom is 0.387 e. The van der Waals surface area contributed by atoms with Crippen molar-refractivity contribution in [3.63, 3.8) is 0 Å². The molecule has 1 amide bonds. The number of para-hydroxylation sites is 1. The van der Waals surface area contributed by atoms with Gasteiger partial charge >= 0.3 is 6.61 Å². The Bertz CT molecular complexity index is 1150. The number of alkyl halides is 2. The van der Waals surface area contributed by atoms with E-state index in [4.69, 9.17) is 22.3 Å². The number of hydrogen-bond donors (Lipinski definition) is 0. The van der Waals surface area contributed by atoms with E-state index in [1.54, 1.807) is 30.3 Å². The molecule has 6 nitrogen and oxygen atoms in total. The van der Waals surface area contributed by atoms with Crippen LogP contribution in [-0.2, 0) is 9.53 Å². The lowest BCUT2D eigenvalue weighted by Crippen LogP contribution is -2.28. The minimum atomic E-state index is -2.92. The monoisotopic (exact) mass is 437 g/mol. The van der Waals surface area contributed by atoms with E-state index in [-0.39, 0.29) is 23.8 Å². The van der Waals surface area contributed by atoms with Gasteiger partial charge in [-0.3, -0.25) is 4.79 Å². The van der Waals surface area contributed by atoms with Crippen LogP contribution in [0.1, 0.15) is 42.8 Å². The normalized spacial score (nSPS) is 20.5. The fraction of sp³-hybridized carbons (Fsp3) is 0.391. The number of hydrogen-bond acceptors (Lipinski definition) is 4.